The number of hydrogen-bond donors (Lipinski definition) is 2. The average molecular weight is 225 g/mol. The van der Waals surface area contributed by atoms with Gasteiger partial charge in [0.1, 0.15) is 0 Å². The van der Waals surface area contributed by atoms with Gasteiger partial charge in [-0.2, -0.15) is 15.0 Å². The van der Waals surface area contributed by atoms with Crippen molar-refractivity contribution in [3.8, 4) is 6.01 Å². The number of nitrogens with zero attached hydrogens (tertiary/aromatic N) is 3. The van der Waals surface area contributed by atoms with Gasteiger partial charge in [-0.3, -0.25) is 0 Å². The highest BCUT2D eigenvalue weighted by atomic mass is 16.5. The van der Waals surface area contributed by atoms with Crippen molar-refractivity contribution in [1.29, 1.82) is 0 Å². The van der Waals surface area contributed by atoms with Gasteiger partial charge in [0, 0.05) is 13.6 Å². The second-order valence-corrected chi connectivity index (χ2v) is 3.29. The van der Waals surface area contributed by atoms with Crippen molar-refractivity contribution in [1.82, 2.24) is 15.0 Å². The Labute approximate surface area is 95.9 Å². The highest BCUT2D eigenvalue weighted by Gasteiger charge is 2.05. The Kier molecular flexibility index (Phi) is 5.31. The molecule has 0 bridgehead atoms. The van der Waals surface area contributed by atoms with Crippen molar-refractivity contribution in [3.63, 3.8) is 0 Å². The van der Waals surface area contributed by atoms with Crippen LogP contribution in [0.1, 0.15) is 26.7 Å². The van der Waals surface area contributed by atoms with Crippen LogP contribution in [0.3, 0.4) is 0 Å². The summed E-state index contributed by atoms with van der Waals surface area (Å²) >= 11 is 0. The van der Waals surface area contributed by atoms with Gasteiger partial charge >= 0.3 is 6.01 Å². The summed E-state index contributed by atoms with van der Waals surface area (Å²) in [5.41, 5.74) is 0. The predicted octanol–water partition coefficient (Wildman–Crippen LogP) is 1.52. The van der Waals surface area contributed by atoms with E-state index in [1.54, 1.807) is 7.05 Å². The van der Waals surface area contributed by atoms with Gasteiger partial charge in [-0.1, -0.05) is 13.8 Å². The van der Waals surface area contributed by atoms with Crippen LogP contribution in [-0.4, -0.2) is 35.2 Å². The van der Waals surface area contributed by atoms with Crippen LogP contribution in [0.2, 0.25) is 0 Å². The van der Waals surface area contributed by atoms with E-state index in [0.717, 1.165) is 19.4 Å². The van der Waals surface area contributed by atoms with Crippen LogP contribution in [0.5, 0.6) is 6.01 Å². The van der Waals surface area contributed by atoms with Crippen molar-refractivity contribution in [2.24, 2.45) is 0 Å². The highest BCUT2D eigenvalue weighted by molar-refractivity contribution is 5.35. The number of nitrogens with one attached hydrogen (secondary N) is 2. The third-order valence-electron chi connectivity index (χ3n) is 1.81. The Morgan fingerprint density at radius 1 is 1.06 bits per heavy atom. The number of hydrogen-bond acceptors (Lipinski definition) is 6. The molecule has 90 valence electrons. The van der Waals surface area contributed by atoms with Crippen LogP contribution in [0.25, 0.3) is 0 Å². The summed E-state index contributed by atoms with van der Waals surface area (Å²) in [6.07, 6.45) is 1.95. The smallest absolute Gasteiger partial charge is 0.323 e. The van der Waals surface area contributed by atoms with E-state index in [4.69, 9.17) is 4.74 Å². The van der Waals surface area contributed by atoms with E-state index in [1.807, 2.05) is 6.92 Å². The van der Waals surface area contributed by atoms with E-state index in [1.165, 1.54) is 0 Å². The third-order valence-corrected chi connectivity index (χ3v) is 1.81. The van der Waals surface area contributed by atoms with Crippen molar-refractivity contribution >= 4 is 11.9 Å². The lowest BCUT2D eigenvalue weighted by atomic mass is 10.5. The molecule has 6 heteroatoms. The van der Waals surface area contributed by atoms with Crippen LogP contribution in [-0.2, 0) is 0 Å². The van der Waals surface area contributed by atoms with Crippen molar-refractivity contribution < 1.29 is 4.74 Å². The lowest BCUT2D eigenvalue weighted by Gasteiger charge is -2.08. The number of aromatic nitrogens is 3. The minimum Gasteiger partial charge on any atom is -0.463 e. The van der Waals surface area contributed by atoms with Crippen LogP contribution >= 0.6 is 0 Å². The zero-order valence-electron chi connectivity index (χ0n) is 10.1. The standard InChI is InChI=1S/C10H19N5O/c1-4-6-12-9-13-8(11-3)14-10(15-9)16-7-5-2/h4-7H2,1-3H3,(H2,11,12,13,14,15). The van der Waals surface area contributed by atoms with Crippen LogP contribution in [0.15, 0.2) is 0 Å². The maximum Gasteiger partial charge on any atom is 0.323 e. The molecule has 6 nitrogen and oxygen atoms in total. The molecule has 0 aliphatic carbocycles. The molecule has 0 aliphatic rings. The fourth-order valence-corrected chi connectivity index (χ4v) is 1.04. The molecule has 0 unspecified atom stereocenters. The van der Waals surface area contributed by atoms with Crippen molar-refractivity contribution in [2.45, 2.75) is 26.7 Å². The minimum atomic E-state index is 0.361. The van der Waals surface area contributed by atoms with E-state index in [9.17, 15) is 0 Å². The van der Waals surface area contributed by atoms with E-state index < -0.39 is 0 Å². The summed E-state index contributed by atoms with van der Waals surface area (Å²) in [6.45, 7) is 5.57. The molecule has 1 rings (SSSR count). The molecule has 0 spiro atoms. The number of ether oxygens (including phenoxy) is 1. The van der Waals surface area contributed by atoms with Crippen LogP contribution in [0, 0.1) is 0 Å². The molecule has 0 atom stereocenters. The van der Waals surface area contributed by atoms with Crippen molar-refractivity contribution in [2.75, 3.05) is 30.8 Å². The SMILES string of the molecule is CCCNc1nc(NC)nc(OCCC)n1. The van der Waals surface area contributed by atoms with Crippen LogP contribution in [0.4, 0.5) is 11.9 Å². The van der Waals surface area contributed by atoms with Gasteiger partial charge in [-0.25, -0.2) is 0 Å². The fourth-order valence-electron chi connectivity index (χ4n) is 1.04. The Bertz CT molecular complexity index is 292. The first-order valence-electron chi connectivity index (χ1n) is 5.60. The molecule has 0 saturated heterocycles. The van der Waals surface area contributed by atoms with Gasteiger partial charge in [0.15, 0.2) is 0 Å². The maximum atomic E-state index is 5.38. The first-order valence-corrected chi connectivity index (χ1v) is 5.60. The minimum absolute atomic E-state index is 0.361. The molecule has 1 heterocycles. The number of rotatable bonds is 7. The monoisotopic (exact) mass is 225 g/mol. The van der Waals surface area contributed by atoms with Crippen LogP contribution < -0.4 is 15.4 Å². The quantitative estimate of drug-likeness (QED) is 0.733. The van der Waals surface area contributed by atoms with Gasteiger partial charge in [0.2, 0.25) is 11.9 Å². The lowest BCUT2D eigenvalue weighted by Crippen LogP contribution is -2.10. The zero-order chi connectivity index (χ0) is 11.8. The predicted molar refractivity (Wildman–Crippen MR) is 63.9 cm³/mol. The first-order chi connectivity index (χ1) is 7.80. The second kappa shape index (κ2) is 6.81. The maximum absolute atomic E-state index is 5.38. The Balaban J connectivity index is 2.74. The lowest BCUT2D eigenvalue weighted by molar-refractivity contribution is 0.292. The van der Waals surface area contributed by atoms with E-state index in [0.29, 0.717) is 24.5 Å². The Morgan fingerprint density at radius 2 is 1.81 bits per heavy atom. The first kappa shape index (κ1) is 12.5. The summed E-state index contributed by atoms with van der Waals surface area (Å²) in [7, 11) is 1.77. The summed E-state index contributed by atoms with van der Waals surface area (Å²) in [4.78, 5) is 12.4. The third kappa shape index (κ3) is 3.88. The summed E-state index contributed by atoms with van der Waals surface area (Å²) in [5, 5.41) is 5.98. The van der Waals surface area contributed by atoms with E-state index >= 15 is 0 Å². The molecule has 2 N–H and O–H groups in total. The summed E-state index contributed by atoms with van der Waals surface area (Å²) < 4.78 is 5.38. The summed E-state index contributed by atoms with van der Waals surface area (Å²) in [5.74, 6) is 1.06. The van der Waals surface area contributed by atoms with E-state index in [2.05, 4.69) is 32.5 Å². The molecule has 0 saturated carbocycles. The molecule has 0 fully saturated rings. The highest BCUT2D eigenvalue weighted by Crippen LogP contribution is 2.10. The average Bonchev–Trinajstić information content (AvgIpc) is 2.33. The molecular formula is C10H19N5O. The molecule has 16 heavy (non-hydrogen) atoms. The zero-order valence-corrected chi connectivity index (χ0v) is 10.1. The molecule has 1 aromatic rings. The second-order valence-electron chi connectivity index (χ2n) is 3.29. The van der Waals surface area contributed by atoms with Gasteiger partial charge in [-0.15, -0.1) is 0 Å². The molecule has 1 aromatic heterocycles. The molecule has 0 amide bonds. The summed E-state index contributed by atoms with van der Waals surface area (Å²) in [6, 6.07) is 0.361. The van der Waals surface area contributed by atoms with Gasteiger partial charge in [-0.05, 0) is 12.8 Å². The van der Waals surface area contributed by atoms with Gasteiger partial charge in [0.05, 0.1) is 6.61 Å². The molecule has 0 radical (unpaired) electrons. The molecular weight excluding hydrogens is 206 g/mol. The van der Waals surface area contributed by atoms with E-state index in [-0.39, 0.29) is 0 Å². The fraction of sp³-hybridized carbons (Fsp3) is 0.700. The normalized spacial score (nSPS) is 9.94. The van der Waals surface area contributed by atoms with Crippen molar-refractivity contribution in [3.05, 3.63) is 0 Å². The van der Waals surface area contributed by atoms with Gasteiger partial charge in [0.25, 0.3) is 0 Å². The number of anilines is 2. The largest absolute Gasteiger partial charge is 0.463 e. The van der Waals surface area contributed by atoms with Gasteiger partial charge < -0.3 is 15.4 Å². The molecule has 0 aromatic carbocycles. The Hall–Kier alpha value is -1.59. The Morgan fingerprint density at radius 3 is 2.44 bits per heavy atom. The topological polar surface area (TPSA) is 72.0 Å². The molecule has 0 aliphatic heterocycles.